The largest absolute Gasteiger partial charge is 0.379 e. The van der Waals surface area contributed by atoms with Crippen molar-refractivity contribution in [1.29, 1.82) is 0 Å². The molecule has 0 aliphatic heterocycles. The highest BCUT2D eigenvalue weighted by Crippen LogP contribution is 2.12. The van der Waals surface area contributed by atoms with E-state index in [2.05, 4.69) is 6.92 Å². The molecule has 0 N–H and O–H groups in total. The summed E-state index contributed by atoms with van der Waals surface area (Å²) in [5.74, 6) is 0.749. The molecule has 0 saturated heterocycles. The second kappa shape index (κ2) is 45.9. The summed E-state index contributed by atoms with van der Waals surface area (Å²) >= 11 is 5.66. The Morgan fingerprint density at radius 1 is 0.234 bits per heavy atom. The van der Waals surface area contributed by atoms with Gasteiger partial charge < -0.3 is 42.6 Å². The fraction of sp³-hybridized carbons (Fsp3) is 1.00. The van der Waals surface area contributed by atoms with Crippen LogP contribution in [0.5, 0.6) is 0 Å². The van der Waals surface area contributed by atoms with Gasteiger partial charge in [0.15, 0.2) is 0 Å². The number of ether oxygens (including phenoxy) is 9. The van der Waals surface area contributed by atoms with E-state index in [0.717, 1.165) is 38.4 Å². The second-order valence-corrected chi connectivity index (χ2v) is 12.2. The third-order valence-corrected chi connectivity index (χ3v) is 7.81. The minimum absolute atomic E-state index is 0.538. The summed E-state index contributed by atoms with van der Waals surface area (Å²) < 4.78 is 49.8. The molecule has 0 bridgehead atoms. The van der Waals surface area contributed by atoms with Gasteiger partial charge in [-0.1, -0.05) is 96.8 Å². The summed E-state index contributed by atoms with van der Waals surface area (Å²) in [4.78, 5) is 0. The van der Waals surface area contributed by atoms with Crippen molar-refractivity contribution < 1.29 is 42.6 Å². The van der Waals surface area contributed by atoms with E-state index in [-0.39, 0.29) is 0 Å². The minimum Gasteiger partial charge on any atom is -0.379 e. The van der Waals surface area contributed by atoms with E-state index in [1.54, 1.807) is 0 Å². The van der Waals surface area contributed by atoms with Crippen molar-refractivity contribution in [2.24, 2.45) is 0 Å². The normalized spacial score (nSPS) is 11.6. The Morgan fingerprint density at radius 2 is 0.426 bits per heavy atom. The van der Waals surface area contributed by atoms with E-state index in [4.69, 9.17) is 54.2 Å². The van der Waals surface area contributed by atoms with Crippen LogP contribution in [-0.2, 0) is 42.6 Å². The molecule has 0 amide bonds. The first-order valence-corrected chi connectivity index (χ1v) is 19.7. The molecule has 47 heavy (non-hydrogen) atoms. The van der Waals surface area contributed by atoms with E-state index in [1.165, 1.54) is 89.9 Å². The number of hydrogen-bond donors (Lipinski definition) is 0. The summed E-state index contributed by atoms with van der Waals surface area (Å²) in [5.41, 5.74) is 0. The zero-order valence-electron chi connectivity index (χ0n) is 30.5. The first-order valence-electron chi connectivity index (χ1n) is 19.2. The number of hydrogen-bond acceptors (Lipinski definition) is 9. The third kappa shape index (κ3) is 45.9. The lowest BCUT2D eigenvalue weighted by Gasteiger charge is -2.09. The summed E-state index contributed by atoms with van der Waals surface area (Å²) in [6, 6.07) is 0. The summed E-state index contributed by atoms with van der Waals surface area (Å²) in [7, 11) is 0. The van der Waals surface area contributed by atoms with E-state index < -0.39 is 0 Å². The van der Waals surface area contributed by atoms with E-state index >= 15 is 0 Å². The Hall–Kier alpha value is -0.0700. The van der Waals surface area contributed by atoms with E-state index in [9.17, 15) is 0 Å². The van der Waals surface area contributed by atoms with Crippen LogP contribution in [0.2, 0.25) is 0 Å². The lowest BCUT2D eigenvalue weighted by Crippen LogP contribution is -2.15. The van der Waals surface area contributed by atoms with Crippen LogP contribution >= 0.6 is 11.6 Å². The van der Waals surface area contributed by atoms with Gasteiger partial charge in [-0.15, -0.1) is 11.6 Å². The van der Waals surface area contributed by atoms with Gasteiger partial charge >= 0.3 is 0 Å². The van der Waals surface area contributed by atoms with Gasteiger partial charge in [0.25, 0.3) is 0 Å². The fourth-order valence-electron chi connectivity index (χ4n) is 4.74. The van der Waals surface area contributed by atoms with Crippen LogP contribution in [0.3, 0.4) is 0 Å². The highest BCUT2D eigenvalue weighted by atomic mass is 35.5. The van der Waals surface area contributed by atoms with Crippen molar-refractivity contribution in [2.75, 3.05) is 125 Å². The van der Waals surface area contributed by atoms with Crippen LogP contribution in [0.1, 0.15) is 116 Å². The van der Waals surface area contributed by atoms with Gasteiger partial charge in [0.05, 0.1) is 106 Å². The first-order chi connectivity index (χ1) is 23.4. The molecule has 0 aliphatic carbocycles. The lowest BCUT2D eigenvalue weighted by atomic mass is 10.0. The molecule has 10 heteroatoms. The number of alkyl halides is 1. The van der Waals surface area contributed by atoms with Gasteiger partial charge in [-0.2, -0.15) is 0 Å². The van der Waals surface area contributed by atoms with Crippen LogP contribution in [0.15, 0.2) is 0 Å². The monoisotopic (exact) mass is 699 g/mol. The molecule has 0 rings (SSSR count). The highest BCUT2D eigenvalue weighted by Gasteiger charge is 1.97. The van der Waals surface area contributed by atoms with Crippen LogP contribution in [0, 0.1) is 0 Å². The van der Waals surface area contributed by atoms with Crippen LogP contribution in [0.25, 0.3) is 0 Å². The van der Waals surface area contributed by atoms with Gasteiger partial charge in [-0.25, -0.2) is 0 Å². The SMILES string of the molecule is CCCCCCCCCCCCCCCOCCOCCOCCOCCOCCOCCOCCOCCOCCCCCCCl. The Balaban J connectivity index is 3.03. The van der Waals surface area contributed by atoms with Crippen molar-refractivity contribution in [3.63, 3.8) is 0 Å². The average molecular weight is 699 g/mol. The standard InChI is InChI=1S/C37H75ClO9/c1-2-3-4-5-6-7-8-9-10-11-12-14-17-20-39-22-24-41-26-28-43-30-32-45-34-36-47-37-35-46-33-31-44-29-27-42-25-23-40-21-18-15-13-16-19-38/h2-37H2,1H3. The highest BCUT2D eigenvalue weighted by molar-refractivity contribution is 6.17. The van der Waals surface area contributed by atoms with E-state index in [1.807, 2.05) is 0 Å². The predicted octanol–water partition coefficient (Wildman–Crippen LogP) is 8.03. The molecule has 284 valence electrons. The molecule has 9 nitrogen and oxygen atoms in total. The van der Waals surface area contributed by atoms with Crippen molar-refractivity contribution in [2.45, 2.75) is 116 Å². The van der Waals surface area contributed by atoms with Crippen molar-refractivity contribution in [3.05, 3.63) is 0 Å². The number of halogens is 1. The lowest BCUT2D eigenvalue weighted by molar-refractivity contribution is -0.0250. The zero-order chi connectivity index (χ0) is 33.8. The molecule has 0 aromatic heterocycles. The van der Waals surface area contributed by atoms with Gasteiger partial charge in [0, 0.05) is 19.1 Å². The van der Waals surface area contributed by atoms with Crippen LogP contribution in [0.4, 0.5) is 0 Å². The molecular formula is C37H75ClO9. The number of unbranched alkanes of at least 4 members (excludes halogenated alkanes) is 15. The average Bonchev–Trinajstić information content (AvgIpc) is 3.08. The Bertz CT molecular complexity index is 490. The molecule has 0 atom stereocenters. The quantitative estimate of drug-likeness (QED) is 0.0464. The Labute approximate surface area is 294 Å². The van der Waals surface area contributed by atoms with Crippen LogP contribution in [-0.4, -0.2) is 125 Å². The molecule has 0 fully saturated rings. The predicted molar refractivity (Wildman–Crippen MR) is 192 cm³/mol. The Morgan fingerprint density at radius 3 is 0.660 bits per heavy atom. The van der Waals surface area contributed by atoms with Gasteiger partial charge in [-0.05, 0) is 19.3 Å². The summed E-state index contributed by atoms with van der Waals surface area (Å²) in [5, 5.41) is 0. The maximum atomic E-state index is 5.67. The summed E-state index contributed by atoms with van der Waals surface area (Å²) in [6.45, 7) is 13.0. The molecule has 0 spiro atoms. The second-order valence-electron chi connectivity index (χ2n) is 11.9. The molecule has 0 saturated carbocycles. The summed E-state index contributed by atoms with van der Waals surface area (Å²) in [6.07, 6.45) is 22.4. The van der Waals surface area contributed by atoms with Crippen molar-refractivity contribution in [1.82, 2.24) is 0 Å². The topological polar surface area (TPSA) is 83.1 Å². The zero-order valence-corrected chi connectivity index (χ0v) is 31.3. The van der Waals surface area contributed by atoms with E-state index in [0.29, 0.717) is 106 Å². The van der Waals surface area contributed by atoms with Gasteiger partial charge in [0.1, 0.15) is 0 Å². The number of rotatable bonds is 44. The van der Waals surface area contributed by atoms with Crippen LogP contribution < -0.4 is 0 Å². The third-order valence-electron chi connectivity index (χ3n) is 7.54. The van der Waals surface area contributed by atoms with Gasteiger partial charge in [0.2, 0.25) is 0 Å². The maximum Gasteiger partial charge on any atom is 0.0701 e. The molecule has 0 radical (unpaired) electrons. The molecule has 0 unspecified atom stereocenters. The molecule has 0 heterocycles. The Kier molecular flexibility index (Phi) is 45.9. The smallest absolute Gasteiger partial charge is 0.0701 e. The van der Waals surface area contributed by atoms with Crippen molar-refractivity contribution in [3.8, 4) is 0 Å². The van der Waals surface area contributed by atoms with Gasteiger partial charge in [-0.3, -0.25) is 0 Å². The van der Waals surface area contributed by atoms with Crippen molar-refractivity contribution >= 4 is 11.6 Å². The molecule has 0 aliphatic rings. The maximum absolute atomic E-state index is 5.67. The molecular weight excluding hydrogens is 624 g/mol. The molecule has 0 aromatic carbocycles. The molecule has 0 aromatic rings. The fourth-order valence-corrected chi connectivity index (χ4v) is 4.92. The minimum atomic E-state index is 0.538. The first kappa shape index (κ1) is 46.9.